The van der Waals surface area contributed by atoms with E-state index in [0.717, 1.165) is 28.6 Å². The van der Waals surface area contributed by atoms with Crippen LogP contribution in [-0.2, 0) is 33.5 Å². The number of methoxy groups -OCH3 is 1. The number of aromatic nitrogens is 1. The van der Waals surface area contributed by atoms with Crippen LogP contribution < -0.4 is 0 Å². The Bertz CT molecular complexity index is 1140. The van der Waals surface area contributed by atoms with Crippen molar-refractivity contribution in [3.63, 3.8) is 0 Å². The first-order chi connectivity index (χ1) is 17.2. The van der Waals surface area contributed by atoms with E-state index < -0.39 is 11.7 Å². The van der Waals surface area contributed by atoms with E-state index in [1.165, 1.54) is 24.1 Å². The molecule has 0 spiro atoms. The van der Waals surface area contributed by atoms with Gasteiger partial charge in [0, 0.05) is 50.3 Å². The SMILES string of the molecule is CCCC(=O)N(CCOC)CC(=O)N(CCc1c[nH]c2ccccc12)Cc1ccc(C(F)(F)F)cc1. The molecule has 3 rings (SSSR count). The first kappa shape index (κ1) is 27.3. The Hall–Kier alpha value is -3.33. The lowest BCUT2D eigenvalue weighted by molar-refractivity contribution is -0.141. The summed E-state index contributed by atoms with van der Waals surface area (Å²) >= 11 is 0. The van der Waals surface area contributed by atoms with E-state index in [0.29, 0.717) is 38.0 Å². The summed E-state index contributed by atoms with van der Waals surface area (Å²) in [6.45, 7) is 2.86. The van der Waals surface area contributed by atoms with Crippen molar-refractivity contribution in [2.24, 2.45) is 0 Å². The Morgan fingerprint density at radius 3 is 2.36 bits per heavy atom. The Balaban J connectivity index is 1.79. The van der Waals surface area contributed by atoms with Gasteiger partial charge in [-0.3, -0.25) is 9.59 Å². The van der Waals surface area contributed by atoms with E-state index in [2.05, 4.69) is 4.98 Å². The third-order valence-corrected chi connectivity index (χ3v) is 6.04. The van der Waals surface area contributed by atoms with Gasteiger partial charge in [-0.1, -0.05) is 37.3 Å². The average molecular weight is 504 g/mol. The van der Waals surface area contributed by atoms with Crippen molar-refractivity contribution < 1.29 is 27.5 Å². The van der Waals surface area contributed by atoms with E-state index in [-0.39, 0.29) is 31.4 Å². The van der Waals surface area contributed by atoms with Gasteiger partial charge in [0.15, 0.2) is 0 Å². The van der Waals surface area contributed by atoms with Crippen LogP contribution in [0.25, 0.3) is 10.9 Å². The van der Waals surface area contributed by atoms with Gasteiger partial charge >= 0.3 is 6.18 Å². The number of para-hydroxylation sites is 1. The molecule has 2 amide bonds. The summed E-state index contributed by atoms with van der Waals surface area (Å²) in [6.07, 6.45) is -0.985. The fourth-order valence-corrected chi connectivity index (χ4v) is 4.03. The highest BCUT2D eigenvalue weighted by molar-refractivity contribution is 5.85. The topological polar surface area (TPSA) is 65.6 Å². The predicted molar refractivity (Wildman–Crippen MR) is 132 cm³/mol. The second-order valence-electron chi connectivity index (χ2n) is 8.68. The summed E-state index contributed by atoms with van der Waals surface area (Å²) < 4.78 is 44.1. The largest absolute Gasteiger partial charge is 0.416 e. The summed E-state index contributed by atoms with van der Waals surface area (Å²) in [7, 11) is 1.53. The molecular weight excluding hydrogens is 471 g/mol. The lowest BCUT2D eigenvalue weighted by atomic mass is 10.1. The second kappa shape index (κ2) is 12.6. The number of carbonyl (C=O) groups excluding carboxylic acids is 2. The van der Waals surface area contributed by atoms with Crippen LogP contribution in [0.3, 0.4) is 0 Å². The molecule has 1 heterocycles. The molecule has 0 saturated carbocycles. The zero-order valence-corrected chi connectivity index (χ0v) is 20.6. The Kier molecular flexibility index (Phi) is 9.52. The van der Waals surface area contributed by atoms with E-state index >= 15 is 0 Å². The number of H-pyrrole nitrogens is 1. The van der Waals surface area contributed by atoms with Gasteiger partial charge < -0.3 is 19.5 Å². The molecule has 1 aromatic heterocycles. The second-order valence-corrected chi connectivity index (χ2v) is 8.68. The van der Waals surface area contributed by atoms with Gasteiger partial charge in [0.1, 0.15) is 0 Å². The lowest BCUT2D eigenvalue weighted by Crippen LogP contribution is -2.44. The molecule has 0 aliphatic carbocycles. The van der Waals surface area contributed by atoms with Crippen molar-refractivity contribution in [3.8, 4) is 0 Å². The fourth-order valence-electron chi connectivity index (χ4n) is 4.03. The molecule has 0 atom stereocenters. The minimum atomic E-state index is -4.43. The molecule has 3 aromatic rings. The minimum Gasteiger partial charge on any atom is -0.383 e. The Labute approximate surface area is 209 Å². The highest BCUT2D eigenvalue weighted by atomic mass is 19.4. The molecule has 0 aliphatic heterocycles. The number of amides is 2. The molecule has 9 heteroatoms. The standard InChI is InChI=1S/C27H32F3N3O3/c1-3-6-25(34)33(15-16-36-2)19-26(35)32(18-20-9-11-22(12-10-20)27(28,29)30)14-13-21-17-31-24-8-5-4-7-23(21)24/h4-5,7-12,17,31H,3,6,13-16,18-19H2,1-2H3. The zero-order chi connectivity index (χ0) is 26.1. The van der Waals surface area contributed by atoms with Crippen molar-refractivity contribution in [2.45, 2.75) is 38.9 Å². The summed E-state index contributed by atoms with van der Waals surface area (Å²) in [4.78, 5) is 32.3. The molecule has 36 heavy (non-hydrogen) atoms. The number of benzene rings is 2. The number of nitrogens with zero attached hydrogens (tertiary/aromatic N) is 2. The first-order valence-electron chi connectivity index (χ1n) is 12.0. The van der Waals surface area contributed by atoms with Gasteiger partial charge in [0.2, 0.25) is 11.8 Å². The highest BCUT2D eigenvalue weighted by Gasteiger charge is 2.30. The lowest BCUT2D eigenvalue weighted by Gasteiger charge is -2.28. The van der Waals surface area contributed by atoms with Gasteiger partial charge in [-0.05, 0) is 42.2 Å². The van der Waals surface area contributed by atoms with Crippen LogP contribution in [0, 0.1) is 0 Å². The van der Waals surface area contributed by atoms with Crippen molar-refractivity contribution in [1.29, 1.82) is 0 Å². The van der Waals surface area contributed by atoms with Crippen LogP contribution in [0.4, 0.5) is 13.2 Å². The van der Waals surface area contributed by atoms with Crippen LogP contribution in [0.1, 0.15) is 36.5 Å². The average Bonchev–Trinajstić information content (AvgIpc) is 3.27. The zero-order valence-electron chi connectivity index (χ0n) is 20.6. The molecule has 0 bridgehead atoms. The summed E-state index contributed by atoms with van der Waals surface area (Å²) in [5.74, 6) is -0.399. The highest BCUT2D eigenvalue weighted by Crippen LogP contribution is 2.29. The van der Waals surface area contributed by atoms with Crippen LogP contribution >= 0.6 is 0 Å². The quantitative estimate of drug-likeness (QED) is 0.377. The number of halogens is 3. The molecule has 0 saturated heterocycles. The molecule has 194 valence electrons. The number of nitrogens with one attached hydrogen (secondary N) is 1. The number of fused-ring (bicyclic) bond motifs is 1. The number of rotatable bonds is 12. The third-order valence-electron chi connectivity index (χ3n) is 6.04. The van der Waals surface area contributed by atoms with Gasteiger partial charge in [0.25, 0.3) is 0 Å². The van der Waals surface area contributed by atoms with Crippen LogP contribution in [0.2, 0.25) is 0 Å². The predicted octanol–water partition coefficient (Wildman–Crippen LogP) is 5.03. The van der Waals surface area contributed by atoms with E-state index in [4.69, 9.17) is 4.74 Å². The fraction of sp³-hybridized carbons (Fsp3) is 0.407. The molecular formula is C27H32F3N3O3. The van der Waals surface area contributed by atoms with Gasteiger partial charge in [0.05, 0.1) is 18.7 Å². The molecule has 0 unspecified atom stereocenters. The third kappa shape index (κ3) is 7.34. The van der Waals surface area contributed by atoms with Crippen LogP contribution in [0.5, 0.6) is 0 Å². The van der Waals surface area contributed by atoms with Gasteiger partial charge in [-0.25, -0.2) is 0 Å². The number of aromatic amines is 1. The smallest absolute Gasteiger partial charge is 0.383 e. The first-order valence-corrected chi connectivity index (χ1v) is 12.0. The van der Waals surface area contributed by atoms with E-state index in [1.807, 2.05) is 37.4 Å². The van der Waals surface area contributed by atoms with Gasteiger partial charge in [-0.15, -0.1) is 0 Å². The van der Waals surface area contributed by atoms with Crippen LogP contribution in [0.15, 0.2) is 54.7 Å². The number of ether oxygens (including phenoxy) is 1. The summed E-state index contributed by atoms with van der Waals surface area (Å²) in [5.41, 5.74) is 1.87. The number of carbonyl (C=O) groups is 2. The maximum Gasteiger partial charge on any atom is 0.416 e. The van der Waals surface area contributed by atoms with E-state index in [9.17, 15) is 22.8 Å². The maximum absolute atomic E-state index is 13.4. The minimum absolute atomic E-state index is 0.114. The maximum atomic E-state index is 13.4. The number of hydrogen-bond donors (Lipinski definition) is 1. The molecule has 1 N–H and O–H groups in total. The summed E-state index contributed by atoms with van der Waals surface area (Å²) in [5, 5.41) is 1.05. The number of alkyl halides is 3. The van der Waals surface area contributed by atoms with Crippen molar-refractivity contribution in [1.82, 2.24) is 14.8 Å². The monoisotopic (exact) mass is 503 g/mol. The normalized spacial score (nSPS) is 11.6. The van der Waals surface area contributed by atoms with Gasteiger partial charge in [-0.2, -0.15) is 13.2 Å². The molecule has 6 nitrogen and oxygen atoms in total. The van der Waals surface area contributed by atoms with E-state index in [1.54, 1.807) is 4.90 Å². The molecule has 2 aromatic carbocycles. The molecule has 0 aliphatic rings. The van der Waals surface area contributed by atoms with Crippen molar-refractivity contribution in [2.75, 3.05) is 33.4 Å². The van der Waals surface area contributed by atoms with Crippen molar-refractivity contribution in [3.05, 3.63) is 71.4 Å². The number of hydrogen-bond acceptors (Lipinski definition) is 3. The van der Waals surface area contributed by atoms with Crippen molar-refractivity contribution >= 4 is 22.7 Å². The molecule has 0 radical (unpaired) electrons. The Morgan fingerprint density at radius 2 is 1.69 bits per heavy atom. The van der Waals surface area contributed by atoms with Crippen LogP contribution in [-0.4, -0.2) is 59.9 Å². The molecule has 0 fully saturated rings. The summed E-state index contributed by atoms with van der Waals surface area (Å²) in [6, 6.07) is 12.7. The Morgan fingerprint density at radius 1 is 0.972 bits per heavy atom.